The smallest absolute Gasteiger partial charge is 0.224 e. The zero-order chi connectivity index (χ0) is 25.2. The van der Waals surface area contributed by atoms with Gasteiger partial charge < -0.3 is 20.0 Å². The summed E-state index contributed by atoms with van der Waals surface area (Å²) in [6, 6.07) is 23.3. The van der Waals surface area contributed by atoms with E-state index in [4.69, 9.17) is 16.6 Å². The fourth-order valence-electron chi connectivity index (χ4n) is 4.38. The van der Waals surface area contributed by atoms with Crippen LogP contribution in [-0.4, -0.2) is 16.0 Å². The predicted molar refractivity (Wildman–Crippen MR) is 150 cm³/mol. The number of rotatable bonds is 6. The van der Waals surface area contributed by atoms with E-state index < -0.39 is 0 Å². The van der Waals surface area contributed by atoms with E-state index in [1.807, 2.05) is 86.6 Å². The van der Waals surface area contributed by atoms with E-state index in [0.717, 1.165) is 44.2 Å². The molecule has 36 heavy (non-hydrogen) atoms. The van der Waals surface area contributed by atoms with Gasteiger partial charge in [0.15, 0.2) is 5.11 Å². The maximum atomic E-state index is 11.9. The minimum absolute atomic E-state index is 0.0200. The van der Waals surface area contributed by atoms with Crippen LogP contribution in [0.2, 0.25) is 0 Å². The van der Waals surface area contributed by atoms with Gasteiger partial charge in [-0.15, -0.1) is 0 Å². The van der Waals surface area contributed by atoms with Crippen LogP contribution in [0, 0.1) is 6.92 Å². The van der Waals surface area contributed by atoms with Crippen molar-refractivity contribution in [2.75, 3.05) is 10.2 Å². The topological polar surface area (TPSA) is 70.4 Å². The SMILES string of the molecule is CCC(=O)Nc1ccc(N2C(=S)NC(c3ccccn3)C2c2ccc(-c3ccc(Br)cc3)o2)cc1C. The van der Waals surface area contributed by atoms with Gasteiger partial charge in [0.1, 0.15) is 17.6 Å². The Labute approximate surface area is 223 Å². The molecule has 2 N–H and O–H groups in total. The second kappa shape index (κ2) is 10.2. The molecule has 1 amide bonds. The van der Waals surface area contributed by atoms with Gasteiger partial charge in [0.2, 0.25) is 5.91 Å². The zero-order valence-electron chi connectivity index (χ0n) is 19.9. The van der Waals surface area contributed by atoms with Gasteiger partial charge in [-0.1, -0.05) is 41.1 Å². The third-order valence-corrected chi connectivity index (χ3v) is 7.07. The Kier molecular flexibility index (Phi) is 6.89. The quantitative estimate of drug-likeness (QED) is 0.249. The molecule has 5 rings (SSSR count). The number of benzene rings is 2. The number of aromatic nitrogens is 1. The number of pyridine rings is 1. The number of aryl methyl sites for hydroxylation is 1. The summed E-state index contributed by atoms with van der Waals surface area (Å²) in [5, 5.41) is 7.00. The third kappa shape index (κ3) is 4.79. The lowest BCUT2D eigenvalue weighted by molar-refractivity contribution is -0.115. The lowest BCUT2D eigenvalue weighted by Gasteiger charge is -2.26. The molecule has 0 spiro atoms. The number of hydrogen-bond acceptors (Lipinski definition) is 4. The Balaban J connectivity index is 1.55. The number of nitrogens with one attached hydrogen (secondary N) is 2. The third-order valence-electron chi connectivity index (χ3n) is 6.23. The molecule has 1 aliphatic heterocycles. The lowest BCUT2D eigenvalue weighted by atomic mass is 10.0. The number of nitrogens with zero attached hydrogens (tertiary/aromatic N) is 2. The van der Waals surface area contributed by atoms with Crippen molar-refractivity contribution >= 4 is 50.5 Å². The summed E-state index contributed by atoms with van der Waals surface area (Å²) in [5.41, 5.74) is 4.51. The summed E-state index contributed by atoms with van der Waals surface area (Å²) < 4.78 is 7.44. The van der Waals surface area contributed by atoms with E-state index in [2.05, 4.69) is 36.4 Å². The zero-order valence-corrected chi connectivity index (χ0v) is 22.3. The van der Waals surface area contributed by atoms with Crippen molar-refractivity contribution in [2.45, 2.75) is 32.4 Å². The standard InChI is InChI=1S/C28H25BrN4O2S/c1-3-25(34)31-21-12-11-20(16-17(21)2)33-27(26(32-28(33)36)22-6-4-5-15-30-22)24-14-13-23(35-24)18-7-9-19(29)10-8-18/h4-16,26-27H,3H2,1-2H3,(H,31,34)(H,32,36). The van der Waals surface area contributed by atoms with E-state index in [-0.39, 0.29) is 18.0 Å². The van der Waals surface area contributed by atoms with Crippen LogP contribution in [0.25, 0.3) is 11.3 Å². The molecule has 0 bridgehead atoms. The molecular weight excluding hydrogens is 536 g/mol. The molecule has 8 heteroatoms. The van der Waals surface area contributed by atoms with Crippen LogP contribution >= 0.6 is 28.1 Å². The van der Waals surface area contributed by atoms with Gasteiger partial charge in [-0.25, -0.2) is 0 Å². The average Bonchev–Trinajstić information content (AvgIpc) is 3.51. The van der Waals surface area contributed by atoms with E-state index in [0.29, 0.717) is 11.5 Å². The molecule has 6 nitrogen and oxygen atoms in total. The van der Waals surface area contributed by atoms with Crippen LogP contribution in [0.15, 0.2) is 87.9 Å². The largest absolute Gasteiger partial charge is 0.459 e. The Morgan fingerprint density at radius 3 is 2.64 bits per heavy atom. The summed E-state index contributed by atoms with van der Waals surface area (Å²) in [4.78, 5) is 18.6. The first-order valence-corrected chi connectivity index (χ1v) is 12.9. The lowest BCUT2D eigenvalue weighted by Crippen LogP contribution is -2.29. The van der Waals surface area contributed by atoms with Crippen molar-refractivity contribution in [1.82, 2.24) is 10.3 Å². The Bertz CT molecular complexity index is 1400. The Morgan fingerprint density at radius 2 is 1.94 bits per heavy atom. The van der Waals surface area contributed by atoms with Gasteiger partial charge in [-0.05, 0) is 79.3 Å². The van der Waals surface area contributed by atoms with Crippen LogP contribution in [0.5, 0.6) is 0 Å². The Hall–Kier alpha value is -3.49. The number of carbonyl (C=O) groups is 1. The summed E-state index contributed by atoms with van der Waals surface area (Å²) in [6.07, 6.45) is 2.21. The van der Waals surface area contributed by atoms with Crippen molar-refractivity contribution in [3.63, 3.8) is 0 Å². The molecule has 182 valence electrons. The van der Waals surface area contributed by atoms with Crippen LogP contribution in [-0.2, 0) is 4.79 Å². The molecule has 2 aromatic carbocycles. The molecule has 4 aromatic rings. The van der Waals surface area contributed by atoms with Crippen molar-refractivity contribution in [2.24, 2.45) is 0 Å². The normalized spacial score (nSPS) is 17.2. The maximum absolute atomic E-state index is 11.9. The minimum Gasteiger partial charge on any atom is -0.459 e. The summed E-state index contributed by atoms with van der Waals surface area (Å²) in [7, 11) is 0. The molecule has 2 atom stereocenters. The number of thiocarbonyl (C=S) groups is 1. The molecule has 3 heterocycles. The highest BCUT2D eigenvalue weighted by Gasteiger charge is 2.42. The first-order valence-electron chi connectivity index (χ1n) is 11.7. The molecule has 1 saturated heterocycles. The first-order chi connectivity index (χ1) is 17.4. The molecular formula is C28H25BrN4O2S. The van der Waals surface area contributed by atoms with Crippen LogP contribution in [0.1, 0.15) is 42.4 Å². The maximum Gasteiger partial charge on any atom is 0.224 e. The number of halogens is 1. The fraction of sp³-hybridized carbons (Fsp3) is 0.179. The summed E-state index contributed by atoms with van der Waals surface area (Å²) in [6.45, 7) is 3.81. The fourth-order valence-corrected chi connectivity index (χ4v) is 4.99. The van der Waals surface area contributed by atoms with Crippen LogP contribution in [0.3, 0.4) is 0 Å². The second-order valence-corrected chi connectivity index (χ2v) is 9.91. The van der Waals surface area contributed by atoms with Gasteiger partial charge in [0.25, 0.3) is 0 Å². The summed E-state index contributed by atoms with van der Waals surface area (Å²) in [5.74, 6) is 1.54. The average molecular weight is 562 g/mol. The van der Waals surface area contributed by atoms with Crippen molar-refractivity contribution < 1.29 is 9.21 Å². The van der Waals surface area contributed by atoms with Crippen molar-refractivity contribution in [3.05, 3.63) is 100 Å². The van der Waals surface area contributed by atoms with Gasteiger partial charge in [0, 0.05) is 34.0 Å². The highest BCUT2D eigenvalue weighted by Crippen LogP contribution is 2.43. The number of amides is 1. The minimum atomic E-state index is -0.257. The highest BCUT2D eigenvalue weighted by atomic mass is 79.9. The first kappa shape index (κ1) is 24.2. The number of anilines is 2. The number of carbonyl (C=O) groups excluding carboxylic acids is 1. The highest BCUT2D eigenvalue weighted by molar-refractivity contribution is 9.10. The monoisotopic (exact) mass is 560 g/mol. The summed E-state index contributed by atoms with van der Waals surface area (Å²) >= 11 is 9.32. The molecule has 0 radical (unpaired) electrons. The Morgan fingerprint density at radius 1 is 1.14 bits per heavy atom. The number of hydrogen-bond donors (Lipinski definition) is 2. The van der Waals surface area contributed by atoms with E-state index >= 15 is 0 Å². The van der Waals surface area contributed by atoms with Gasteiger partial charge in [-0.2, -0.15) is 0 Å². The predicted octanol–water partition coefficient (Wildman–Crippen LogP) is 6.94. The van der Waals surface area contributed by atoms with Crippen LogP contribution in [0.4, 0.5) is 11.4 Å². The van der Waals surface area contributed by atoms with Crippen LogP contribution < -0.4 is 15.5 Å². The molecule has 2 aromatic heterocycles. The van der Waals surface area contributed by atoms with E-state index in [9.17, 15) is 4.79 Å². The van der Waals surface area contributed by atoms with Gasteiger partial charge in [0.05, 0.1) is 11.7 Å². The number of furan rings is 1. The van der Waals surface area contributed by atoms with Crippen molar-refractivity contribution in [3.8, 4) is 11.3 Å². The second-order valence-electron chi connectivity index (χ2n) is 8.61. The van der Waals surface area contributed by atoms with Gasteiger partial charge >= 0.3 is 0 Å². The molecule has 2 unspecified atom stereocenters. The van der Waals surface area contributed by atoms with E-state index in [1.165, 1.54) is 0 Å². The van der Waals surface area contributed by atoms with E-state index in [1.54, 1.807) is 6.20 Å². The molecule has 1 aliphatic rings. The molecule has 0 saturated carbocycles. The molecule has 0 aliphatic carbocycles. The van der Waals surface area contributed by atoms with Crippen molar-refractivity contribution in [1.29, 1.82) is 0 Å². The van der Waals surface area contributed by atoms with Gasteiger partial charge in [-0.3, -0.25) is 9.78 Å². The molecule has 1 fully saturated rings.